The Kier molecular flexibility index (Phi) is 4.79. The van der Waals surface area contributed by atoms with Gasteiger partial charge in [0.1, 0.15) is 0 Å². The Hall–Kier alpha value is -0.560. The Bertz CT molecular complexity index is 241. The quantitative estimate of drug-likeness (QED) is 0.681. The molecule has 0 aromatic heterocycles. The molecule has 0 radical (unpaired) electrons. The standard InChI is InChI=1S/C14H26O/c1-8-11(2)9-10-13(4,5)12(3)14(6,7)15/h8-9,12,15H,1,10H2,2-7H3. The van der Waals surface area contributed by atoms with Crippen LogP contribution in [-0.2, 0) is 0 Å². The summed E-state index contributed by atoms with van der Waals surface area (Å²) in [6, 6.07) is 0. The summed E-state index contributed by atoms with van der Waals surface area (Å²) in [6.45, 7) is 16.0. The molecule has 0 aromatic rings. The van der Waals surface area contributed by atoms with Gasteiger partial charge >= 0.3 is 0 Å². The summed E-state index contributed by atoms with van der Waals surface area (Å²) >= 11 is 0. The second-order valence-electron chi connectivity index (χ2n) is 5.72. The van der Waals surface area contributed by atoms with Crippen LogP contribution in [0, 0.1) is 11.3 Å². The molecule has 0 heterocycles. The minimum atomic E-state index is -0.626. The molecule has 1 unspecified atom stereocenters. The van der Waals surface area contributed by atoms with Gasteiger partial charge in [0, 0.05) is 0 Å². The Morgan fingerprint density at radius 2 is 1.80 bits per heavy atom. The molecule has 0 aliphatic heterocycles. The largest absolute Gasteiger partial charge is 0.390 e. The minimum Gasteiger partial charge on any atom is -0.390 e. The van der Waals surface area contributed by atoms with E-state index in [0.717, 1.165) is 6.42 Å². The van der Waals surface area contributed by atoms with Gasteiger partial charge in [-0.3, -0.25) is 0 Å². The lowest BCUT2D eigenvalue weighted by Crippen LogP contribution is -2.38. The zero-order valence-electron chi connectivity index (χ0n) is 11.1. The van der Waals surface area contributed by atoms with Gasteiger partial charge in [-0.25, -0.2) is 0 Å². The third kappa shape index (κ3) is 4.65. The van der Waals surface area contributed by atoms with E-state index in [0.29, 0.717) is 0 Å². The molecular weight excluding hydrogens is 184 g/mol. The predicted octanol–water partition coefficient (Wildman–Crippen LogP) is 3.94. The monoisotopic (exact) mass is 210 g/mol. The van der Waals surface area contributed by atoms with Crippen LogP contribution in [0.3, 0.4) is 0 Å². The molecule has 1 nitrogen and oxygen atoms in total. The van der Waals surface area contributed by atoms with Crippen molar-refractivity contribution in [3.63, 3.8) is 0 Å². The maximum atomic E-state index is 10.0. The van der Waals surface area contributed by atoms with Crippen molar-refractivity contribution < 1.29 is 5.11 Å². The van der Waals surface area contributed by atoms with Gasteiger partial charge in [-0.05, 0) is 38.5 Å². The van der Waals surface area contributed by atoms with Crippen molar-refractivity contribution in [2.24, 2.45) is 11.3 Å². The second-order valence-corrected chi connectivity index (χ2v) is 5.72. The minimum absolute atomic E-state index is 0.0997. The normalized spacial score (nSPS) is 16.3. The lowest BCUT2D eigenvalue weighted by atomic mass is 9.70. The molecule has 1 N–H and O–H groups in total. The third-order valence-corrected chi connectivity index (χ3v) is 3.50. The van der Waals surface area contributed by atoms with Crippen LogP contribution in [-0.4, -0.2) is 10.7 Å². The molecule has 0 aliphatic carbocycles. The molecule has 1 atom stereocenters. The summed E-state index contributed by atoms with van der Waals surface area (Å²) in [6.07, 6.45) is 5.02. The Labute approximate surface area is 94.9 Å². The average Bonchev–Trinajstić information content (AvgIpc) is 2.11. The van der Waals surface area contributed by atoms with E-state index in [9.17, 15) is 5.11 Å². The van der Waals surface area contributed by atoms with Gasteiger partial charge in [-0.2, -0.15) is 0 Å². The lowest BCUT2D eigenvalue weighted by molar-refractivity contribution is -0.0280. The lowest BCUT2D eigenvalue weighted by Gasteiger charge is -2.39. The smallest absolute Gasteiger partial charge is 0.0622 e. The van der Waals surface area contributed by atoms with Gasteiger partial charge in [-0.15, -0.1) is 0 Å². The van der Waals surface area contributed by atoms with Crippen LogP contribution in [0.1, 0.15) is 48.0 Å². The molecule has 0 aliphatic rings. The van der Waals surface area contributed by atoms with Crippen molar-refractivity contribution >= 4 is 0 Å². The Morgan fingerprint density at radius 3 is 2.13 bits per heavy atom. The van der Waals surface area contributed by atoms with Gasteiger partial charge in [-0.1, -0.05) is 45.1 Å². The highest BCUT2D eigenvalue weighted by atomic mass is 16.3. The van der Waals surface area contributed by atoms with Crippen LogP contribution in [0.25, 0.3) is 0 Å². The van der Waals surface area contributed by atoms with E-state index in [1.54, 1.807) is 0 Å². The molecule has 0 spiro atoms. The molecule has 0 rings (SSSR count). The first kappa shape index (κ1) is 14.4. The van der Waals surface area contributed by atoms with Crippen LogP contribution >= 0.6 is 0 Å². The third-order valence-electron chi connectivity index (χ3n) is 3.50. The Balaban J connectivity index is 4.62. The van der Waals surface area contributed by atoms with E-state index in [1.807, 2.05) is 19.9 Å². The molecule has 0 bridgehead atoms. The number of aliphatic hydroxyl groups is 1. The molecule has 0 saturated carbocycles. The van der Waals surface area contributed by atoms with E-state index < -0.39 is 5.60 Å². The second kappa shape index (κ2) is 4.98. The van der Waals surface area contributed by atoms with E-state index in [2.05, 4.69) is 40.3 Å². The maximum absolute atomic E-state index is 10.0. The number of hydrogen-bond donors (Lipinski definition) is 1. The fourth-order valence-corrected chi connectivity index (χ4v) is 1.64. The Morgan fingerprint density at radius 1 is 1.33 bits per heavy atom. The summed E-state index contributed by atoms with van der Waals surface area (Å²) in [5, 5.41) is 10.0. The highest BCUT2D eigenvalue weighted by Gasteiger charge is 2.35. The first-order valence-corrected chi connectivity index (χ1v) is 5.63. The summed E-state index contributed by atoms with van der Waals surface area (Å²) in [5.74, 6) is 0.249. The molecule has 0 fully saturated rings. The molecule has 1 heteroatoms. The summed E-state index contributed by atoms with van der Waals surface area (Å²) in [4.78, 5) is 0. The average molecular weight is 210 g/mol. The molecule has 0 aromatic carbocycles. The molecule has 0 amide bonds. The summed E-state index contributed by atoms with van der Waals surface area (Å²) in [5.41, 5.74) is 0.674. The van der Waals surface area contributed by atoms with Crippen LogP contribution in [0.4, 0.5) is 0 Å². The van der Waals surface area contributed by atoms with E-state index in [-0.39, 0.29) is 11.3 Å². The molecule has 15 heavy (non-hydrogen) atoms. The fraction of sp³-hybridized carbons (Fsp3) is 0.714. The first-order valence-electron chi connectivity index (χ1n) is 5.63. The summed E-state index contributed by atoms with van der Waals surface area (Å²) < 4.78 is 0. The van der Waals surface area contributed by atoms with Crippen LogP contribution in [0.15, 0.2) is 24.3 Å². The van der Waals surface area contributed by atoms with Crippen molar-refractivity contribution in [1.29, 1.82) is 0 Å². The van der Waals surface area contributed by atoms with E-state index in [1.165, 1.54) is 5.57 Å². The van der Waals surface area contributed by atoms with Gasteiger partial charge in [0.2, 0.25) is 0 Å². The van der Waals surface area contributed by atoms with Crippen LogP contribution in [0.5, 0.6) is 0 Å². The zero-order valence-corrected chi connectivity index (χ0v) is 11.1. The van der Waals surface area contributed by atoms with Crippen LogP contribution < -0.4 is 0 Å². The zero-order chi connectivity index (χ0) is 12.3. The highest BCUT2D eigenvalue weighted by molar-refractivity contribution is 5.13. The molecule has 0 saturated heterocycles. The van der Waals surface area contributed by atoms with Gasteiger partial charge in [0.25, 0.3) is 0 Å². The van der Waals surface area contributed by atoms with Gasteiger partial charge in [0.05, 0.1) is 5.60 Å². The topological polar surface area (TPSA) is 20.2 Å². The molecular formula is C14H26O. The van der Waals surface area contributed by atoms with Gasteiger partial charge in [0.15, 0.2) is 0 Å². The van der Waals surface area contributed by atoms with Crippen LogP contribution in [0.2, 0.25) is 0 Å². The van der Waals surface area contributed by atoms with Crippen molar-refractivity contribution in [1.82, 2.24) is 0 Å². The van der Waals surface area contributed by atoms with Crippen molar-refractivity contribution in [2.75, 3.05) is 0 Å². The van der Waals surface area contributed by atoms with E-state index >= 15 is 0 Å². The fourth-order valence-electron chi connectivity index (χ4n) is 1.64. The highest BCUT2D eigenvalue weighted by Crippen LogP contribution is 2.38. The van der Waals surface area contributed by atoms with Crippen molar-refractivity contribution in [3.8, 4) is 0 Å². The van der Waals surface area contributed by atoms with E-state index in [4.69, 9.17) is 0 Å². The first-order chi connectivity index (χ1) is 6.61. The predicted molar refractivity (Wildman–Crippen MR) is 67.8 cm³/mol. The maximum Gasteiger partial charge on any atom is 0.0622 e. The van der Waals surface area contributed by atoms with Gasteiger partial charge < -0.3 is 5.11 Å². The summed E-state index contributed by atoms with van der Waals surface area (Å²) in [7, 11) is 0. The van der Waals surface area contributed by atoms with Crippen molar-refractivity contribution in [3.05, 3.63) is 24.3 Å². The number of rotatable bonds is 5. The molecule has 88 valence electrons. The number of hydrogen-bond acceptors (Lipinski definition) is 1. The van der Waals surface area contributed by atoms with Crippen molar-refractivity contribution in [2.45, 2.75) is 53.6 Å². The number of allylic oxidation sites excluding steroid dienone is 3. The SMILES string of the molecule is C=CC(C)=CCC(C)(C)C(C)C(C)(C)O.